The molecule has 1 aromatic rings. The fraction of sp³-hybridized carbons (Fsp3) is 0.462. The Balaban J connectivity index is 2.91. The first kappa shape index (κ1) is 13.8. The van der Waals surface area contributed by atoms with E-state index in [9.17, 15) is 4.79 Å². The molecule has 0 fully saturated rings. The van der Waals surface area contributed by atoms with E-state index in [-0.39, 0.29) is 11.4 Å². The van der Waals surface area contributed by atoms with E-state index in [4.69, 9.17) is 17.3 Å². The van der Waals surface area contributed by atoms with Gasteiger partial charge in [0.2, 0.25) is 0 Å². The highest BCUT2D eigenvalue weighted by Gasteiger charge is 2.22. The van der Waals surface area contributed by atoms with Gasteiger partial charge in [-0.15, -0.1) is 0 Å². The van der Waals surface area contributed by atoms with Crippen molar-refractivity contribution in [2.24, 2.45) is 0 Å². The van der Waals surface area contributed by atoms with Crippen LogP contribution < -0.4 is 11.1 Å². The Hall–Kier alpha value is -1.22. The Bertz CT molecular complexity index is 396. The van der Waals surface area contributed by atoms with Crippen LogP contribution in [0.5, 0.6) is 0 Å². The third kappa shape index (κ3) is 3.63. The van der Waals surface area contributed by atoms with Crippen LogP contribution in [-0.4, -0.2) is 11.4 Å². The first-order chi connectivity index (χ1) is 7.87. The van der Waals surface area contributed by atoms with Crippen molar-refractivity contribution >= 4 is 23.2 Å². The molecule has 0 heterocycles. The van der Waals surface area contributed by atoms with Gasteiger partial charge in [-0.3, -0.25) is 4.79 Å². The van der Waals surface area contributed by atoms with Gasteiger partial charge in [0, 0.05) is 11.2 Å². The zero-order valence-corrected chi connectivity index (χ0v) is 11.3. The van der Waals surface area contributed by atoms with Crippen molar-refractivity contribution in [3.05, 3.63) is 28.8 Å². The minimum atomic E-state index is -0.253. The number of rotatable bonds is 4. The molecule has 1 rings (SSSR count). The predicted octanol–water partition coefficient (Wildman–Crippen LogP) is 3.23. The lowest BCUT2D eigenvalue weighted by atomic mass is 9.98. The van der Waals surface area contributed by atoms with E-state index in [2.05, 4.69) is 12.2 Å². The van der Waals surface area contributed by atoms with Gasteiger partial charge in [-0.05, 0) is 32.4 Å². The van der Waals surface area contributed by atoms with Gasteiger partial charge in [0.1, 0.15) is 0 Å². The molecule has 3 nitrogen and oxygen atoms in total. The highest BCUT2D eigenvalue weighted by molar-refractivity contribution is 6.34. The van der Waals surface area contributed by atoms with E-state index in [1.54, 1.807) is 18.2 Å². The molecule has 94 valence electrons. The maximum Gasteiger partial charge on any atom is 0.255 e. The third-order valence-electron chi connectivity index (χ3n) is 2.60. The summed E-state index contributed by atoms with van der Waals surface area (Å²) in [6.07, 6.45) is 1.91. The average molecular weight is 255 g/mol. The maximum absolute atomic E-state index is 12.1. The van der Waals surface area contributed by atoms with Gasteiger partial charge in [-0.2, -0.15) is 0 Å². The van der Waals surface area contributed by atoms with E-state index < -0.39 is 0 Å². The average Bonchev–Trinajstić information content (AvgIpc) is 2.15. The predicted molar refractivity (Wildman–Crippen MR) is 72.3 cm³/mol. The summed E-state index contributed by atoms with van der Waals surface area (Å²) < 4.78 is 0. The third-order valence-corrected chi connectivity index (χ3v) is 2.91. The molecule has 0 atom stereocenters. The van der Waals surface area contributed by atoms with Crippen LogP contribution in [0.3, 0.4) is 0 Å². The van der Waals surface area contributed by atoms with E-state index in [0.29, 0.717) is 16.3 Å². The van der Waals surface area contributed by atoms with Gasteiger partial charge in [0.05, 0.1) is 10.6 Å². The lowest BCUT2D eigenvalue weighted by Crippen LogP contribution is -2.43. The van der Waals surface area contributed by atoms with E-state index in [0.717, 1.165) is 12.8 Å². The molecular formula is C13H19ClN2O. The monoisotopic (exact) mass is 254 g/mol. The van der Waals surface area contributed by atoms with Crippen molar-refractivity contribution in [1.82, 2.24) is 5.32 Å². The summed E-state index contributed by atoms with van der Waals surface area (Å²) in [5.74, 6) is -0.216. The number of hydrogen-bond donors (Lipinski definition) is 2. The van der Waals surface area contributed by atoms with Crippen LogP contribution in [0.1, 0.15) is 44.0 Å². The number of nitrogens with one attached hydrogen (secondary N) is 1. The molecule has 0 bridgehead atoms. The molecule has 0 aliphatic heterocycles. The normalized spacial score (nSPS) is 11.3. The number of halogens is 1. The molecule has 0 saturated heterocycles. The van der Waals surface area contributed by atoms with Gasteiger partial charge >= 0.3 is 0 Å². The van der Waals surface area contributed by atoms with Crippen LogP contribution in [0, 0.1) is 0 Å². The molecule has 4 heteroatoms. The first-order valence-corrected chi connectivity index (χ1v) is 6.11. The van der Waals surface area contributed by atoms with Crippen molar-refractivity contribution < 1.29 is 4.79 Å². The van der Waals surface area contributed by atoms with E-state index in [1.165, 1.54) is 0 Å². The standard InChI is InChI=1S/C13H19ClN2O/c1-4-8-13(2,3)16-12(17)11-9(14)6-5-7-10(11)15/h5-7H,4,8,15H2,1-3H3,(H,16,17). The topological polar surface area (TPSA) is 55.1 Å². The van der Waals surface area contributed by atoms with Crippen molar-refractivity contribution in [2.45, 2.75) is 39.2 Å². The largest absolute Gasteiger partial charge is 0.398 e. The molecule has 1 amide bonds. The van der Waals surface area contributed by atoms with Crippen LogP contribution in [0.4, 0.5) is 5.69 Å². The number of carbonyl (C=O) groups is 1. The quantitative estimate of drug-likeness (QED) is 0.811. The number of nitrogens with two attached hydrogens (primary N) is 1. The molecule has 0 radical (unpaired) electrons. The second-order valence-corrected chi connectivity index (χ2v) is 5.20. The van der Waals surface area contributed by atoms with Crippen LogP contribution >= 0.6 is 11.6 Å². The number of carbonyl (C=O) groups excluding carboxylic acids is 1. The second-order valence-electron chi connectivity index (χ2n) is 4.79. The zero-order chi connectivity index (χ0) is 13.1. The van der Waals surface area contributed by atoms with Crippen molar-refractivity contribution in [2.75, 3.05) is 5.73 Å². The number of benzene rings is 1. The smallest absolute Gasteiger partial charge is 0.255 e. The van der Waals surface area contributed by atoms with Crippen LogP contribution in [0.15, 0.2) is 18.2 Å². The summed E-state index contributed by atoms with van der Waals surface area (Å²) in [6.45, 7) is 6.06. The Morgan fingerprint density at radius 1 is 1.47 bits per heavy atom. The number of amides is 1. The summed E-state index contributed by atoms with van der Waals surface area (Å²) in [5, 5.41) is 3.34. The van der Waals surface area contributed by atoms with Crippen molar-refractivity contribution in [3.63, 3.8) is 0 Å². The number of hydrogen-bond acceptors (Lipinski definition) is 2. The minimum Gasteiger partial charge on any atom is -0.398 e. The fourth-order valence-electron chi connectivity index (χ4n) is 1.84. The summed E-state index contributed by atoms with van der Waals surface area (Å²) in [6, 6.07) is 5.07. The molecule has 0 aliphatic rings. The van der Waals surface area contributed by atoms with E-state index >= 15 is 0 Å². The molecule has 0 saturated carbocycles. The number of anilines is 1. The SMILES string of the molecule is CCCC(C)(C)NC(=O)c1c(N)cccc1Cl. The highest BCUT2D eigenvalue weighted by Crippen LogP contribution is 2.23. The maximum atomic E-state index is 12.1. The summed E-state index contributed by atoms with van der Waals surface area (Å²) in [5.41, 5.74) is 6.28. The Morgan fingerprint density at radius 2 is 2.12 bits per heavy atom. The molecular weight excluding hydrogens is 236 g/mol. The van der Waals surface area contributed by atoms with Gasteiger partial charge in [-0.25, -0.2) is 0 Å². The van der Waals surface area contributed by atoms with Crippen molar-refractivity contribution in [1.29, 1.82) is 0 Å². The molecule has 1 aromatic carbocycles. The molecule has 3 N–H and O–H groups in total. The summed E-state index contributed by atoms with van der Waals surface area (Å²) >= 11 is 5.99. The Morgan fingerprint density at radius 3 is 2.65 bits per heavy atom. The lowest BCUT2D eigenvalue weighted by Gasteiger charge is -2.26. The highest BCUT2D eigenvalue weighted by atomic mass is 35.5. The van der Waals surface area contributed by atoms with E-state index in [1.807, 2.05) is 13.8 Å². The van der Waals surface area contributed by atoms with Gasteiger partial charge < -0.3 is 11.1 Å². The molecule has 0 spiro atoms. The molecule has 17 heavy (non-hydrogen) atoms. The zero-order valence-electron chi connectivity index (χ0n) is 10.5. The van der Waals surface area contributed by atoms with Crippen LogP contribution in [0.2, 0.25) is 5.02 Å². The first-order valence-electron chi connectivity index (χ1n) is 5.74. The Labute approximate surface area is 107 Å². The molecule has 0 aromatic heterocycles. The van der Waals surface area contributed by atoms with Gasteiger partial charge in [-0.1, -0.05) is 31.0 Å². The van der Waals surface area contributed by atoms with Gasteiger partial charge in [0.15, 0.2) is 0 Å². The van der Waals surface area contributed by atoms with Crippen LogP contribution in [0.25, 0.3) is 0 Å². The second kappa shape index (κ2) is 5.41. The molecule has 0 unspecified atom stereocenters. The fourth-order valence-corrected chi connectivity index (χ4v) is 2.11. The number of nitrogen functional groups attached to an aromatic ring is 1. The molecule has 0 aliphatic carbocycles. The van der Waals surface area contributed by atoms with Crippen molar-refractivity contribution in [3.8, 4) is 0 Å². The van der Waals surface area contributed by atoms with Crippen LogP contribution in [-0.2, 0) is 0 Å². The van der Waals surface area contributed by atoms with Gasteiger partial charge in [0.25, 0.3) is 5.91 Å². The minimum absolute atomic E-state index is 0.216. The lowest BCUT2D eigenvalue weighted by molar-refractivity contribution is 0.0910. The Kier molecular flexibility index (Phi) is 4.40. The summed E-state index contributed by atoms with van der Waals surface area (Å²) in [7, 11) is 0. The summed E-state index contributed by atoms with van der Waals surface area (Å²) in [4.78, 5) is 12.1.